The molecule has 2 aromatic rings. The number of sulfonamides is 1. The van der Waals surface area contributed by atoms with E-state index < -0.39 is 10.0 Å². The predicted molar refractivity (Wildman–Crippen MR) is 88.7 cm³/mol. The van der Waals surface area contributed by atoms with Crippen molar-refractivity contribution in [2.75, 3.05) is 4.72 Å². The molecule has 0 fully saturated rings. The maximum Gasteiger partial charge on any atom is 0.263 e. The molecule has 1 heterocycles. The molecule has 0 saturated carbocycles. The number of hydrogen-bond donors (Lipinski definition) is 1. The monoisotopic (exact) mass is 408 g/mol. The Hall–Kier alpha value is -0.820. The molecule has 1 N–H and O–H groups in total. The first-order valence-corrected chi connectivity index (χ1v) is 8.84. The SMILES string of the molecule is Cc1cc(C)c(NS(=O)(=O)c2cnc(Cl)c(Cl)c2)c(Br)c1. The average Bonchev–Trinajstić information content (AvgIpc) is 2.37. The van der Waals surface area contributed by atoms with Gasteiger partial charge in [-0.25, -0.2) is 13.4 Å². The van der Waals surface area contributed by atoms with Crippen LogP contribution >= 0.6 is 39.1 Å². The zero-order valence-corrected chi connectivity index (χ0v) is 15.0. The van der Waals surface area contributed by atoms with E-state index in [1.165, 1.54) is 6.07 Å². The van der Waals surface area contributed by atoms with Crippen molar-refractivity contribution in [2.24, 2.45) is 0 Å². The van der Waals surface area contributed by atoms with Crippen LogP contribution in [0.5, 0.6) is 0 Å². The fourth-order valence-corrected chi connectivity index (χ4v) is 4.15. The highest BCUT2D eigenvalue weighted by Crippen LogP contribution is 2.30. The van der Waals surface area contributed by atoms with Crippen LogP contribution in [0.1, 0.15) is 11.1 Å². The Bertz CT molecular complexity index is 787. The number of pyridine rings is 1. The topological polar surface area (TPSA) is 59.1 Å². The maximum absolute atomic E-state index is 12.4. The molecule has 0 saturated heterocycles. The van der Waals surface area contributed by atoms with Gasteiger partial charge in [-0.15, -0.1) is 0 Å². The van der Waals surface area contributed by atoms with E-state index in [2.05, 4.69) is 25.6 Å². The quantitative estimate of drug-likeness (QED) is 0.755. The fourth-order valence-electron chi connectivity index (χ4n) is 1.79. The fraction of sp³-hybridized carbons (Fsp3) is 0.154. The molecule has 2 rings (SSSR count). The van der Waals surface area contributed by atoms with Gasteiger partial charge in [0, 0.05) is 10.7 Å². The van der Waals surface area contributed by atoms with Gasteiger partial charge >= 0.3 is 0 Å². The molecule has 0 amide bonds. The van der Waals surface area contributed by atoms with E-state index in [4.69, 9.17) is 23.2 Å². The van der Waals surface area contributed by atoms with Gasteiger partial charge in [-0.3, -0.25) is 4.72 Å². The summed E-state index contributed by atoms with van der Waals surface area (Å²) in [5, 5.41) is 0.141. The number of aromatic nitrogens is 1. The summed E-state index contributed by atoms with van der Waals surface area (Å²) in [5.74, 6) is 0. The van der Waals surface area contributed by atoms with Crippen LogP contribution in [0.15, 0.2) is 33.8 Å². The Labute approximate surface area is 141 Å². The minimum Gasteiger partial charge on any atom is -0.278 e. The molecule has 1 aromatic heterocycles. The van der Waals surface area contributed by atoms with Crippen LogP contribution in [0.3, 0.4) is 0 Å². The van der Waals surface area contributed by atoms with Gasteiger partial charge in [-0.05, 0) is 53.0 Å². The van der Waals surface area contributed by atoms with E-state index in [-0.39, 0.29) is 15.1 Å². The summed E-state index contributed by atoms with van der Waals surface area (Å²) in [7, 11) is -3.80. The number of halogens is 3. The molecule has 0 aliphatic carbocycles. The first-order valence-electron chi connectivity index (χ1n) is 5.81. The second-order valence-corrected chi connectivity index (χ2v) is 7.79. The Morgan fingerprint density at radius 1 is 1.19 bits per heavy atom. The van der Waals surface area contributed by atoms with Crippen LogP contribution in [0, 0.1) is 13.8 Å². The third kappa shape index (κ3) is 3.69. The first kappa shape index (κ1) is 16.5. The average molecular weight is 410 g/mol. The molecule has 1 aromatic carbocycles. The maximum atomic E-state index is 12.4. The Morgan fingerprint density at radius 2 is 1.86 bits per heavy atom. The molecule has 112 valence electrons. The smallest absolute Gasteiger partial charge is 0.263 e. The van der Waals surface area contributed by atoms with Gasteiger partial charge in [0.05, 0.1) is 10.7 Å². The number of nitrogens with zero attached hydrogens (tertiary/aromatic N) is 1. The van der Waals surface area contributed by atoms with Crippen molar-refractivity contribution in [1.82, 2.24) is 4.98 Å². The molecule has 8 heteroatoms. The normalized spacial score (nSPS) is 11.5. The largest absolute Gasteiger partial charge is 0.278 e. The third-order valence-electron chi connectivity index (χ3n) is 2.75. The highest BCUT2D eigenvalue weighted by molar-refractivity contribution is 9.10. The van der Waals surface area contributed by atoms with Crippen LogP contribution in [-0.4, -0.2) is 13.4 Å². The van der Waals surface area contributed by atoms with Gasteiger partial charge in [0.25, 0.3) is 10.0 Å². The first-order chi connectivity index (χ1) is 9.70. The lowest BCUT2D eigenvalue weighted by Gasteiger charge is -2.13. The van der Waals surface area contributed by atoms with Gasteiger partial charge in [0.2, 0.25) is 0 Å². The highest BCUT2D eigenvalue weighted by Gasteiger charge is 2.19. The minimum absolute atomic E-state index is 0.0521. The van der Waals surface area contributed by atoms with Crippen LogP contribution in [0.25, 0.3) is 0 Å². The van der Waals surface area contributed by atoms with Gasteiger partial charge in [-0.2, -0.15) is 0 Å². The zero-order valence-electron chi connectivity index (χ0n) is 11.1. The lowest BCUT2D eigenvalue weighted by Crippen LogP contribution is -2.14. The number of benzene rings is 1. The highest BCUT2D eigenvalue weighted by atomic mass is 79.9. The van der Waals surface area contributed by atoms with Crippen LogP contribution in [0.4, 0.5) is 5.69 Å². The molecular formula is C13H11BrCl2N2O2S. The predicted octanol–water partition coefficient (Wildman–Crippen LogP) is 4.57. The Kier molecular flexibility index (Phi) is 4.82. The molecule has 0 atom stereocenters. The van der Waals surface area contributed by atoms with E-state index in [9.17, 15) is 8.42 Å². The number of hydrogen-bond acceptors (Lipinski definition) is 3. The molecule has 0 spiro atoms. The summed E-state index contributed by atoms with van der Waals surface area (Å²) < 4.78 is 28.0. The van der Waals surface area contributed by atoms with Gasteiger partial charge in [0.15, 0.2) is 0 Å². The summed E-state index contributed by atoms with van der Waals surface area (Å²) in [6, 6.07) is 4.98. The third-order valence-corrected chi connectivity index (χ3v) is 5.38. The van der Waals surface area contributed by atoms with E-state index in [0.717, 1.165) is 17.3 Å². The van der Waals surface area contributed by atoms with Gasteiger partial charge in [-0.1, -0.05) is 29.3 Å². The van der Waals surface area contributed by atoms with Crippen LogP contribution in [0.2, 0.25) is 10.2 Å². The Balaban J connectivity index is 2.44. The number of anilines is 1. The Morgan fingerprint density at radius 3 is 2.43 bits per heavy atom. The van der Waals surface area contributed by atoms with Gasteiger partial charge < -0.3 is 0 Å². The standard InChI is InChI=1S/C13H11BrCl2N2O2S/c1-7-3-8(2)12(10(14)4-7)18-21(19,20)9-5-11(15)13(16)17-6-9/h3-6,18H,1-2H3. The van der Waals surface area contributed by atoms with E-state index in [1.807, 2.05) is 26.0 Å². The second kappa shape index (κ2) is 6.12. The van der Waals surface area contributed by atoms with Crippen LogP contribution < -0.4 is 4.72 Å². The summed E-state index contributed by atoms with van der Waals surface area (Å²) in [4.78, 5) is 3.70. The summed E-state index contributed by atoms with van der Waals surface area (Å²) in [6.45, 7) is 3.75. The minimum atomic E-state index is -3.80. The lowest BCUT2D eigenvalue weighted by atomic mass is 10.1. The number of rotatable bonds is 3. The molecule has 21 heavy (non-hydrogen) atoms. The molecule has 0 radical (unpaired) electrons. The molecule has 0 aliphatic heterocycles. The van der Waals surface area contributed by atoms with Crippen molar-refractivity contribution in [3.8, 4) is 0 Å². The van der Waals surface area contributed by atoms with Crippen molar-refractivity contribution < 1.29 is 8.42 Å². The molecule has 0 bridgehead atoms. The summed E-state index contributed by atoms with van der Waals surface area (Å²) in [5.41, 5.74) is 2.31. The van der Waals surface area contributed by atoms with Crippen molar-refractivity contribution in [3.05, 3.63) is 50.2 Å². The van der Waals surface area contributed by atoms with Gasteiger partial charge in [0.1, 0.15) is 10.0 Å². The number of aryl methyl sites for hydroxylation is 2. The number of nitrogens with one attached hydrogen (secondary N) is 1. The molecular weight excluding hydrogens is 399 g/mol. The lowest BCUT2D eigenvalue weighted by molar-refractivity contribution is 0.600. The van der Waals surface area contributed by atoms with Crippen molar-refractivity contribution in [1.29, 1.82) is 0 Å². The molecule has 4 nitrogen and oxygen atoms in total. The van der Waals surface area contributed by atoms with Crippen molar-refractivity contribution >= 4 is 54.8 Å². The molecule has 0 aliphatic rings. The van der Waals surface area contributed by atoms with Crippen LogP contribution in [-0.2, 0) is 10.0 Å². The second-order valence-electron chi connectivity index (χ2n) is 4.49. The van der Waals surface area contributed by atoms with E-state index in [1.54, 1.807) is 0 Å². The summed E-state index contributed by atoms with van der Waals surface area (Å²) in [6.07, 6.45) is 1.16. The van der Waals surface area contributed by atoms with Crippen molar-refractivity contribution in [3.63, 3.8) is 0 Å². The van der Waals surface area contributed by atoms with E-state index >= 15 is 0 Å². The van der Waals surface area contributed by atoms with Crippen molar-refractivity contribution in [2.45, 2.75) is 18.7 Å². The zero-order chi connectivity index (χ0) is 15.8. The summed E-state index contributed by atoms with van der Waals surface area (Å²) >= 11 is 14.9. The van der Waals surface area contributed by atoms with E-state index in [0.29, 0.717) is 10.2 Å². The molecule has 0 unspecified atom stereocenters.